The molecule has 1 atom stereocenters. The van der Waals surface area contributed by atoms with Crippen molar-refractivity contribution in [1.82, 2.24) is 9.80 Å². The van der Waals surface area contributed by atoms with Gasteiger partial charge in [0.2, 0.25) is 5.91 Å². The molecule has 0 saturated carbocycles. The summed E-state index contributed by atoms with van der Waals surface area (Å²) in [5.74, 6) is -1.02. The minimum Gasteiger partial charge on any atom is -0.493 e. The summed E-state index contributed by atoms with van der Waals surface area (Å²) in [6.07, 6.45) is 1.22. The van der Waals surface area contributed by atoms with Crippen LogP contribution >= 0.6 is 0 Å². The highest BCUT2D eigenvalue weighted by Gasteiger charge is 2.29. The van der Waals surface area contributed by atoms with Crippen LogP contribution in [-0.2, 0) is 9.59 Å². The van der Waals surface area contributed by atoms with E-state index >= 15 is 0 Å². The number of hydrogen-bond acceptors (Lipinski definition) is 5. The van der Waals surface area contributed by atoms with Crippen LogP contribution in [0.4, 0.5) is 0 Å². The predicted octanol–water partition coefficient (Wildman–Crippen LogP) is 1.49. The Morgan fingerprint density at radius 3 is 2.67 bits per heavy atom. The fourth-order valence-electron chi connectivity index (χ4n) is 3.08. The number of carbonyl (C=O) groups excluding carboxylic acids is 2. The molecule has 1 aliphatic heterocycles. The van der Waals surface area contributed by atoms with E-state index in [1.54, 1.807) is 25.2 Å². The van der Waals surface area contributed by atoms with Crippen molar-refractivity contribution in [3.05, 3.63) is 23.8 Å². The van der Waals surface area contributed by atoms with Gasteiger partial charge in [0.05, 0.1) is 26.2 Å². The van der Waals surface area contributed by atoms with Crippen molar-refractivity contribution >= 4 is 17.8 Å². The minimum absolute atomic E-state index is 0.110. The SMILES string of the molecule is CCOc1ccc(C(=O)N(C)CC(=O)N2CCCC(C(=O)O)C2)cc1OC. The number of aliphatic carboxylic acids is 1. The lowest BCUT2D eigenvalue weighted by Crippen LogP contribution is -2.46. The Bertz CT molecular complexity index is 705. The van der Waals surface area contributed by atoms with Crippen molar-refractivity contribution in [3.63, 3.8) is 0 Å². The van der Waals surface area contributed by atoms with Crippen LogP contribution in [0.2, 0.25) is 0 Å². The minimum atomic E-state index is -0.890. The number of nitrogens with zero attached hydrogens (tertiary/aromatic N) is 2. The van der Waals surface area contributed by atoms with E-state index in [0.717, 1.165) is 0 Å². The van der Waals surface area contributed by atoms with E-state index in [1.165, 1.54) is 16.9 Å². The van der Waals surface area contributed by atoms with E-state index in [1.807, 2.05) is 6.92 Å². The summed E-state index contributed by atoms with van der Waals surface area (Å²) in [7, 11) is 3.04. The van der Waals surface area contributed by atoms with Crippen LogP contribution in [0.1, 0.15) is 30.1 Å². The van der Waals surface area contributed by atoms with Crippen LogP contribution in [0.3, 0.4) is 0 Å². The van der Waals surface area contributed by atoms with Gasteiger partial charge in [-0.2, -0.15) is 0 Å². The Hall–Kier alpha value is -2.77. The number of piperidine rings is 1. The number of benzene rings is 1. The molecule has 27 heavy (non-hydrogen) atoms. The molecule has 8 heteroatoms. The number of hydrogen-bond donors (Lipinski definition) is 1. The fraction of sp³-hybridized carbons (Fsp3) is 0.526. The van der Waals surface area contributed by atoms with Gasteiger partial charge >= 0.3 is 5.97 Å². The van der Waals surface area contributed by atoms with Crippen molar-refractivity contribution < 1.29 is 29.0 Å². The quantitative estimate of drug-likeness (QED) is 0.772. The largest absolute Gasteiger partial charge is 0.493 e. The summed E-state index contributed by atoms with van der Waals surface area (Å²) in [5.41, 5.74) is 0.382. The van der Waals surface area contributed by atoms with Crippen LogP contribution in [0, 0.1) is 5.92 Å². The zero-order valence-corrected chi connectivity index (χ0v) is 15.9. The lowest BCUT2D eigenvalue weighted by molar-refractivity contribution is -0.145. The third-order valence-corrected chi connectivity index (χ3v) is 4.55. The number of likely N-dealkylation sites (tertiary alicyclic amines) is 1. The molecule has 0 aromatic heterocycles. The third kappa shape index (κ3) is 5.12. The number of carboxylic acids is 1. The lowest BCUT2D eigenvalue weighted by atomic mass is 9.98. The van der Waals surface area contributed by atoms with Gasteiger partial charge in [-0.15, -0.1) is 0 Å². The number of carboxylic acid groups (broad SMARTS) is 1. The number of rotatable bonds is 7. The molecule has 1 aliphatic rings. The van der Waals surface area contributed by atoms with Crippen LogP contribution in [0.5, 0.6) is 11.5 Å². The molecule has 0 spiro atoms. The maximum Gasteiger partial charge on any atom is 0.308 e. The molecule has 0 aliphatic carbocycles. The van der Waals surface area contributed by atoms with Gasteiger partial charge in [0, 0.05) is 25.7 Å². The van der Waals surface area contributed by atoms with Crippen molar-refractivity contribution in [2.24, 2.45) is 5.92 Å². The van der Waals surface area contributed by atoms with Gasteiger partial charge < -0.3 is 24.4 Å². The van der Waals surface area contributed by atoms with E-state index < -0.39 is 11.9 Å². The summed E-state index contributed by atoms with van der Waals surface area (Å²) < 4.78 is 10.7. The summed E-state index contributed by atoms with van der Waals surface area (Å²) in [4.78, 5) is 39.1. The molecule has 2 amide bonds. The number of ether oxygens (including phenoxy) is 2. The first-order valence-corrected chi connectivity index (χ1v) is 8.94. The molecule has 2 rings (SSSR count). The molecule has 1 N–H and O–H groups in total. The van der Waals surface area contributed by atoms with E-state index in [4.69, 9.17) is 14.6 Å². The van der Waals surface area contributed by atoms with Crippen molar-refractivity contribution in [3.8, 4) is 11.5 Å². The van der Waals surface area contributed by atoms with Crippen molar-refractivity contribution in [1.29, 1.82) is 0 Å². The van der Waals surface area contributed by atoms with Gasteiger partial charge in [0.25, 0.3) is 5.91 Å². The maximum atomic E-state index is 12.6. The van der Waals surface area contributed by atoms with Crippen LogP contribution in [-0.4, -0.2) is 73.1 Å². The lowest BCUT2D eigenvalue weighted by Gasteiger charge is -2.32. The molecule has 0 bridgehead atoms. The molecule has 148 valence electrons. The predicted molar refractivity (Wildman–Crippen MR) is 98.1 cm³/mol. The second kappa shape index (κ2) is 9.25. The van der Waals surface area contributed by atoms with Gasteiger partial charge in [0.15, 0.2) is 11.5 Å². The Morgan fingerprint density at radius 1 is 1.30 bits per heavy atom. The Morgan fingerprint density at radius 2 is 2.04 bits per heavy atom. The molecule has 1 saturated heterocycles. The highest BCUT2D eigenvalue weighted by atomic mass is 16.5. The number of amides is 2. The van der Waals surface area contributed by atoms with Gasteiger partial charge in [-0.05, 0) is 38.0 Å². The molecular weight excluding hydrogens is 352 g/mol. The van der Waals surface area contributed by atoms with Gasteiger partial charge in [-0.25, -0.2) is 0 Å². The smallest absolute Gasteiger partial charge is 0.308 e. The van der Waals surface area contributed by atoms with Crippen LogP contribution in [0.25, 0.3) is 0 Å². The normalized spacial score (nSPS) is 16.6. The summed E-state index contributed by atoms with van der Waals surface area (Å²) >= 11 is 0. The average molecular weight is 378 g/mol. The molecular formula is C19H26N2O6. The molecule has 1 heterocycles. The maximum absolute atomic E-state index is 12.6. The van der Waals surface area contributed by atoms with E-state index in [-0.39, 0.29) is 24.9 Å². The Kier molecular flexibility index (Phi) is 7.04. The monoisotopic (exact) mass is 378 g/mol. The third-order valence-electron chi connectivity index (χ3n) is 4.55. The summed E-state index contributed by atoms with van der Waals surface area (Å²) in [6, 6.07) is 4.86. The summed E-state index contributed by atoms with van der Waals surface area (Å²) in [5, 5.41) is 9.14. The van der Waals surface area contributed by atoms with E-state index in [9.17, 15) is 14.4 Å². The Balaban J connectivity index is 2.02. The van der Waals surface area contributed by atoms with Crippen LogP contribution in [0.15, 0.2) is 18.2 Å². The second-order valence-corrected chi connectivity index (χ2v) is 6.48. The number of methoxy groups -OCH3 is 1. The zero-order chi connectivity index (χ0) is 20.0. The molecule has 1 aromatic carbocycles. The van der Waals surface area contributed by atoms with Crippen molar-refractivity contribution in [2.45, 2.75) is 19.8 Å². The molecule has 8 nitrogen and oxygen atoms in total. The first-order valence-electron chi connectivity index (χ1n) is 8.94. The standard InChI is InChI=1S/C19H26N2O6/c1-4-27-15-8-7-13(10-16(15)26-3)18(23)20(2)12-17(22)21-9-5-6-14(11-21)19(24)25/h7-8,10,14H,4-6,9,11-12H2,1-3H3,(H,24,25). The topological polar surface area (TPSA) is 96.4 Å². The molecule has 1 unspecified atom stereocenters. The number of carbonyl (C=O) groups is 3. The van der Waals surface area contributed by atoms with E-state index in [2.05, 4.69) is 0 Å². The highest BCUT2D eigenvalue weighted by Crippen LogP contribution is 2.28. The highest BCUT2D eigenvalue weighted by molar-refractivity contribution is 5.97. The molecule has 1 fully saturated rings. The first kappa shape index (κ1) is 20.5. The fourth-order valence-corrected chi connectivity index (χ4v) is 3.08. The molecule has 1 aromatic rings. The zero-order valence-electron chi connectivity index (χ0n) is 15.9. The average Bonchev–Trinajstić information content (AvgIpc) is 2.67. The van der Waals surface area contributed by atoms with Crippen LogP contribution < -0.4 is 9.47 Å². The van der Waals surface area contributed by atoms with Gasteiger partial charge in [-0.1, -0.05) is 0 Å². The Labute approximate surface area is 158 Å². The van der Waals surface area contributed by atoms with Gasteiger partial charge in [0.1, 0.15) is 0 Å². The van der Waals surface area contributed by atoms with Gasteiger partial charge in [-0.3, -0.25) is 14.4 Å². The first-order chi connectivity index (χ1) is 12.9. The van der Waals surface area contributed by atoms with Crippen molar-refractivity contribution in [2.75, 3.05) is 40.4 Å². The van der Waals surface area contributed by atoms with E-state index in [0.29, 0.717) is 43.1 Å². The molecule has 0 radical (unpaired) electrons. The second-order valence-electron chi connectivity index (χ2n) is 6.48. The summed E-state index contributed by atoms with van der Waals surface area (Å²) in [6.45, 7) is 2.92. The number of likely N-dealkylation sites (N-methyl/N-ethyl adjacent to an activating group) is 1.